The summed E-state index contributed by atoms with van der Waals surface area (Å²) in [7, 11) is -2.11. The molecule has 9 heteroatoms. The number of nitrogens with two attached hydrogens (primary N) is 1. The van der Waals surface area contributed by atoms with Crippen molar-refractivity contribution in [3.8, 4) is 0 Å². The van der Waals surface area contributed by atoms with E-state index in [0.717, 1.165) is 0 Å². The Labute approximate surface area is 97.9 Å². The van der Waals surface area contributed by atoms with Gasteiger partial charge >= 0.3 is 0 Å². The molecular weight excluding hydrogens is 244 g/mol. The van der Waals surface area contributed by atoms with Crippen LogP contribution in [0.15, 0.2) is 23.9 Å². The molecule has 0 unspecified atom stereocenters. The fourth-order valence-electron chi connectivity index (χ4n) is 1.39. The molecule has 2 heterocycles. The highest BCUT2D eigenvalue weighted by Crippen LogP contribution is 2.15. The van der Waals surface area contributed by atoms with E-state index in [4.69, 9.17) is 5.73 Å². The van der Waals surface area contributed by atoms with Crippen molar-refractivity contribution in [3.63, 3.8) is 0 Å². The van der Waals surface area contributed by atoms with Gasteiger partial charge in [0.1, 0.15) is 0 Å². The third-order valence-corrected chi connectivity index (χ3v) is 3.70. The number of rotatable bonds is 4. The standard InChI is InChI=1S/C8H12N6O2S/c1-14-5-12-7(9)8(14)17(15,16)13-3-6-2-10-4-11-6/h2,4-5,13H,3,9H2,1H3,(H,10,11). The maximum Gasteiger partial charge on any atom is 0.260 e. The Morgan fingerprint density at radius 3 is 2.88 bits per heavy atom. The molecule has 0 bridgehead atoms. The molecule has 0 radical (unpaired) electrons. The summed E-state index contributed by atoms with van der Waals surface area (Å²) in [6.45, 7) is 0.118. The highest BCUT2D eigenvalue weighted by atomic mass is 32.2. The lowest BCUT2D eigenvalue weighted by Crippen LogP contribution is -2.26. The quantitative estimate of drug-likeness (QED) is 0.662. The lowest BCUT2D eigenvalue weighted by Gasteiger charge is -2.06. The van der Waals surface area contributed by atoms with Gasteiger partial charge in [0.25, 0.3) is 10.0 Å². The van der Waals surface area contributed by atoms with Gasteiger partial charge in [0, 0.05) is 18.9 Å². The summed E-state index contributed by atoms with van der Waals surface area (Å²) in [6.07, 6.45) is 4.36. The van der Waals surface area contributed by atoms with Gasteiger partial charge in [0.2, 0.25) is 0 Å². The van der Waals surface area contributed by atoms with Gasteiger partial charge in [0.15, 0.2) is 10.8 Å². The number of hydrogen-bond donors (Lipinski definition) is 3. The van der Waals surface area contributed by atoms with Crippen LogP contribution in [0.3, 0.4) is 0 Å². The van der Waals surface area contributed by atoms with E-state index in [0.29, 0.717) is 5.69 Å². The van der Waals surface area contributed by atoms with Crippen molar-refractivity contribution in [3.05, 3.63) is 24.5 Å². The van der Waals surface area contributed by atoms with Crippen molar-refractivity contribution in [1.29, 1.82) is 0 Å². The Morgan fingerprint density at radius 2 is 2.35 bits per heavy atom. The first kappa shape index (κ1) is 11.6. The van der Waals surface area contributed by atoms with Crippen molar-refractivity contribution in [2.45, 2.75) is 11.6 Å². The van der Waals surface area contributed by atoms with Gasteiger partial charge in [-0.2, -0.15) is 0 Å². The molecule has 8 nitrogen and oxygen atoms in total. The maximum absolute atomic E-state index is 11.9. The molecule has 0 fully saturated rings. The maximum atomic E-state index is 11.9. The fraction of sp³-hybridized carbons (Fsp3) is 0.250. The number of hydrogen-bond acceptors (Lipinski definition) is 5. The van der Waals surface area contributed by atoms with Gasteiger partial charge in [0.05, 0.1) is 19.2 Å². The molecule has 0 aliphatic rings. The Hall–Kier alpha value is -1.87. The average Bonchev–Trinajstić information content (AvgIpc) is 2.86. The number of sulfonamides is 1. The number of nitrogen functional groups attached to an aromatic ring is 1. The molecule has 2 aromatic heterocycles. The molecule has 0 saturated carbocycles. The predicted molar refractivity (Wildman–Crippen MR) is 60.2 cm³/mol. The van der Waals surface area contributed by atoms with Gasteiger partial charge < -0.3 is 15.3 Å². The second-order valence-corrected chi connectivity index (χ2v) is 5.13. The molecule has 17 heavy (non-hydrogen) atoms. The average molecular weight is 256 g/mol. The van der Waals surface area contributed by atoms with Crippen LogP contribution >= 0.6 is 0 Å². The third-order valence-electron chi connectivity index (χ3n) is 2.17. The van der Waals surface area contributed by atoms with Crippen LogP contribution in [0.4, 0.5) is 5.82 Å². The van der Waals surface area contributed by atoms with Crippen LogP contribution in [-0.4, -0.2) is 27.9 Å². The van der Waals surface area contributed by atoms with E-state index in [1.165, 1.54) is 23.4 Å². The van der Waals surface area contributed by atoms with Crippen molar-refractivity contribution < 1.29 is 8.42 Å². The Kier molecular flexibility index (Phi) is 2.86. The first-order valence-electron chi connectivity index (χ1n) is 4.74. The fourth-order valence-corrected chi connectivity index (χ4v) is 2.62. The molecule has 92 valence electrons. The number of nitrogens with zero attached hydrogens (tertiary/aromatic N) is 3. The monoisotopic (exact) mass is 256 g/mol. The molecule has 2 aromatic rings. The summed E-state index contributed by atoms with van der Waals surface area (Å²) >= 11 is 0. The second kappa shape index (κ2) is 4.18. The number of aryl methyl sites for hydroxylation is 1. The zero-order chi connectivity index (χ0) is 12.5. The lowest BCUT2D eigenvalue weighted by atomic mass is 10.5. The highest BCUT2D eigenvalue weighted by molar-refractivity contribution is 7.89. The highest BCUT2D eigenvalue weighted by Gasteiger charge is 2.21. The predicted octanol–water partition coefficient (Wildman–Crippen LogP) is -0.796. The van der Waals surface area contributed by atoms with Crippen molar-refractivity contribution in [2.75, 3.05) is 5.73 Å². The van der Waals surface area contributed by atoms with Gasteiger partial charge in [-0.1, -0.05) is 0 Å². The Bertz CT molecular complexity index is 581. The molecule has 2 rings (SSSR count). The van der Waals surface area contributed by atoms with Gasteiger partial charge in [-0.25, -0.2) is 23.1 Å². The van der Waals surface area contributed by atoms with Crippen LogP contribution in [0.2, 0.25) is 0 Å². The summed E-state index contributed by atoms with van der Waals surface area (Å²) in [5, 5.41) is -0.0444. The summed E-state index contributed by atoms with van der Waals surface area (Å²) < 4.78 is 27.6. The molecule has 4 N–H and O–H groups in total. The van der Waals surface area contributed by atoms with Gasteiger partial charge in [-0.15, -0.1) is 0 Å². The number of nitrogens with one attached hydrogen (secondary N) is 2. The van der Waals surface area contributed by atoms with Crippen LogP contribution in [-0.2, 0) is 23.6 Å². The molecule has 0 amide bonds. The molecule has 0 spiro atoms. The van der Waals surface area contributed by atoms with E-state index in [-0.39, 0.29) is 17.4 Å². The third kappa shape index (κ3) is 2.29. The van der Waals surface area contributed by atoms with Crippen molar-refractivity contribution in [1.82, 2.24) is 24.2 Å². The minimum atomic E-state index is -3.68. The summed E-state index contributed by atoms with van der Waals surface area (Å²) in [5.74, 6) is -0.0235. The van der Waals surface area contributed by atoms with E-state index in [2.05, 4.69) is 19.7 Å². The minimum Gasteiger partial charge on any atom is -0.381 e. The van der Waals surface area contributed by atoms with Crippen molar-refractivity contribution in [2.24, 2.45) is 7.05 Å². The number of anilines is 1. The zero-order valence-corrected chi connectivity index (χ0v) is 9.90. The van der Waals surface area contributed by atoms with Crippen LogP contribution in [0.1, 0.15) is 5.69 Å². The molecule has 0 aromatic carbocycles. The molecular formula is C8H12N6O2S. The lowest BCUT2D eigenvalue weighted by molar-refractivity contribution is 0.571. The SMILES string of the molecule is Cn1cnc(N)c1S(=O)(=O)NCc1cnc[nH]1. The number of H-pyrrole nitrogens is 1. The van der Waals surface area contributed by atoms with Crippen LogP contribution in [0, 0.1) is 0 Å². The first-order valence-corrected chi connectivity index (χ1v) is 6.23. The van der Waals surface area contributed by atoms with E-state index < -0.39 is 10.0 Å². The smallest absolute Gasteiger partial charge is 0.260 e. The molecule has 0 saturated heterocycles. The largest absolute Gasteiger partial charge is 0.381 e. The van der Waals surface area contributed by atoms with E-state index >= 15 is 0 Å². The van der Waals surface area contributed by atoms with Crippen molar-refractivity contribution >= 4 is 15.8 Å². The summed E-state index contributed by atoms with van der Waals surface area (Å²) in [6, 6.07) is 0. The van der Waals surface area contributed by atoms with E-state index in [9.17, 15) is 8.42 Å². The topological polar surface area (TPSA) is 119 Å². The van der Waals surface area contributed by atoms with Gasteiger partial charge in [-0.05, 0) is 0 Å². The number of imidazole rings is 2. The number of aromatic amines is 1. The normalized spacial score (nSPS) is 11.8. The molecule has 0 aliphatic heterocycles. The van der Waals surface area contributed by atoms with E-state index in [1.807, 2.05) is 0 Å². The Balaban J connectivity index is 2.20. The van der Waals surface area contributed by atoms with Crippen LogP contribution < -0.4 is 10.5 Å². The summed E-state index contributed by atoms with van der Waals surface area (Å²) in [5.41, 5.74) is 6.17. The zero-order valence-electron chi connectivity index (χ0n) is 9.08. The number of aromatic nitrogens is 4. The van der Waals surface area contributed by atoms with Crippen LogP contribution in [0.25, 0.3) is 0 Å². The second-order valence-electron chi connectivity index (χ2n) is 3.45. The molecule has 0 aliphatic carbocycles. The minimum absolute atomic E-state index is 0.0235. The van der Waals surface area contributed by atoms with E-state index in [1.54, 1.807) is 7.05 Å². The summed E-state index contributed by atoms with van der Waals surface area (Å²) in [4.78, 5) is 10.3. The molecule has 0 atom stereocenters. The first-order chi connectivity index (χ1) is 8.00. The Morgan fingerprint density at radius 1 is 1.59 bits per heavy atom. The van der Waals surface area contributed by atoms with Crippen LogP contribution in [0.5, 0.6) is 0 Å². The van der Waals surface area contributed by atoms with Gasteiger partial charge in [-0.3, -0.25) is 0 Å².